The van der Waals surface area contributed by atoms with E-state index >= 15 is 0 Å². The predicted octanol–water partition coefficient (Wildman–Crippen LogP) is 1.30. The van der Waals surface area contributed by atoms with E-state index in [1.165, 1.54) is 51.9 Å². The van der Waals surface area contributed by atoms with Crippen LogP contribution in [0.4, 0.5) is 0 Å². The summed E-state index contributed by atoms with van der Waals surface area (Å²) < 4.78 is 5.76. The maximum atomic E-state index is 5.76. The van der Waals surface area contributed by atoms with Gasteiger partial charge in [-0.2, -0.15) is 0 Å². The van der Waals surface area contributed by atoms with E-state index in [0.29, 0.717) is 12.1 Å². The van der Waals surface area contributed by atoms with Crippen molar-refractivity contribution in [1.29, 1.82) is 0 Å². The van der Waals surface area contributed by atoms with Gasteiger partial charge in [0.15, 0.2) is 0 Å². The second kappa shape index (κ2) is 8.20. The molecule has 0 aromatic carbocycles. The van der Waals surface area contributed by atoms with E-state index in [4.69, 9.17) is 10.5 Å². The predicted molar refractivity (Wildman–Crippen MR) is 79.4 cm³/mol. The molecular weight excluding hydrogens is 238 g/mol. The minimum atomic E-state index is 0.498. The molecule has 2 aliphatic heterocycles. The lowest BCUT2D eigenvalue weighted by atomic mass is 10.1. The van der Waals surface area contributed by atoms with Gasteiger partial charge in [0.1, 0.15) is 0 Å². The summed E-state index contributed by atoms with van der Waals surface area (Å²) in [6, 6.07) is 0.688. The fourth-order valence-corrected chi connectivity index (χ4v) is 3.45. The van der Waals surface area contributed by atoms with Gasteiger partial charge in [-0.3, -0.25) is 9.80 Å². The molecule has 0 amide bonds. The fraction of sp³-hybridized carbons (Fsp3) is 1.00. The smallest absolute Gasteiger partial charge is 0.0702 e. The van der Waals surface area contributed by atoms with E-state index in [0.717, 1.165) is 26.1 Å². The average Bonchev–Trinajstić information content (AvgIpc) is 2.82. The molecule has 2 rings (SSSR count). The Morgan fingerprint density at radius 3 is 2.79 bits per heavy atom. The highest BCUT2D eigenvalue weighted by Crippen LogP contribution is 2.16. The van der Waals surface area contributed by atoms with Crippen molar-refractivity contribution in [2.24, 2.45) is 5.73 Å². The first-order valence-corrected chi connectivity index (χ1v) is 8.11. The zero-order valence-electron chi connectivity index (χ0n) is 12.5. The SMILES string of the molecule is CCC(CCN)N1CCCN(CC2CCCO2)CC1. The van der Waals surface area contributed by atoms with Crippen LogP contribution in [-0.4, -0.2) is 67.8 Å². The maximum absolute atomic E-state index is 5.76. The summed E-state index contributed by atoms with van der Waals surface area (Å²) in [6.45, 7) is 10.1. The minimum absolute atomic E-state index is 0.498. The standard InChI is InChI=1S/C15H31N3O/c1-2-14(6-7-16)18-9-4-8-17(10-11-18)13-15-5-3-12-19-15/h14-15H,2-13,16H2,1H3. The Morgan fingerprint density at radius 2 is 2.11 bits per heavy atom. The number of nitrogens with two attached hydrogens (primary N) is 1. The van der Waals surface area contributed by atoms with Crippen molar-refractivity contribution < 1.29 is 4.74 Å². The van der Waals surface area contributed by atoms with Crippen molar-refractivity contribution in [2.75, 3.05) is 45.9 Å². The minimum Gasteiger partial charge on any atom is -0.377 e. The van der Waals surface area contributed by atoms with Crippen LogP contribution in [0.3, 0.4) is 0 Å². The van der Waals surface area contributed by atoms with Crippen molar-refractivity contribution in [3.63, 3.8) is 0 Å². The molecule has 2 aliphatic rings. The highest BCUT2D eigenvalue weighted by atomic mass is 16.5. The third kappa shape index (κ3) is 4.71. The molecule has 19 heavy (non-hydrogen) atoms. The quantitative estimate of drug-likeness (QED) is 0.789. The Morgan fingerprint density at radius 1 is 1.21 bits per heavy atom. The molecule has 0 bridgehead atoms. The Hall–Kier alpha value is -0.160. The van der Waals surface area contributed by atoms with Gasteiger partial charge in [-0.15, -0.1) is 0 Å². The van der Waals surface area contributed by atoms with Crippen LogP contribution in [0.1, 0.15) is 39.0 Å². The topological polar surface area (TPSA) is 41.7 Å². The molecule has 2 saturated heterocycles. The van der Waals surface area contributed by atoms with Crippen LogP contribution in [0, 0.1) is 0 Å². The normalized spacial score (nSPS) is 28.4. The molecule has 4 heteroatoms. The van der Waals surface area contributed by atoms with Crippen molar-refractivity contribution in [2.45, 2.75) is 51.2 Å². The maximum Gasteiger partial charge on any atom is 0.0702 e. The zero-order valence-corrected chi connectivity index (χ0v) is 12.5. The zero-order chi connectivity index (χ0) is 13.5. The van der Waals surface area contributed by atoms with E-state index < -0.39 is 0 Å². The number of ether oxygens (including phenoxy) is 1. The van der Waals surface area contributed by atoms with Crippen LogP contribution >= 0.6 is 0 Å². The summed E-state index contributed by atoms with van der Waals surface area (Å²) in [5, 5.41) is 0. The van der Waals surface area contributed by atoms with Crippen LogP contribution in [0.25, 0.3) is 0 Å². The van der Waals surface area contributed by atoms with Crippen LogP contribution in [0.15, 0.2) is 0 Å². The number of nitrogens with zero attached hydrogens (tertiary/aromatic N) is 2. The molecule has 2 heterocycles. The molecule has 2 unspecified atom stereocenters. The molecular formula is C15H31N3O. The summed E-state index contributed by atoms with van der Waals surface area (Å²) >= 11 is 0. The molecule has 0 aromatic heterocycles. The monoisotopic (exact) mass is 269 g/mol. The number of hydrogen-bond acceptors (Lipinski definition) is 4. The van der Waals surface area contributed by atoms with E-state index in [2.05, 4.69) is 16.7 Å². The molecule has 0 radical (unpaired) electrons. The first-order chi connectivity index (χ1) is 9.33. The first-order valence-electron chi connectivity index (χ1n) is 8.11. The fourth-order valence-electron chi connectivity index (χ4n) is 3.45. The molecule has 2 atom stereocenters. The Bertz CT molecular complexity index is 244. The molecule has 0 spiro atoms. The second-order valence-electron chi connectivity index (χ2n) is 5.96. The van der Waals surface area contributed by atoms with Gasteiger partial charge in [0.05, 0.1) is 6.10 Å². The Balaban J connectivity index is 1.76. The summed E-state index contributed by atoms with van der Waals surface area (Å²) in [6.07, 6.45) is 6.65. The lowest BCUT2D eigenvalue weighted by Crippen LogP contribution is -2.40. The van der Waals surface area contributed by atoms with E-state index in [1.54, 1.807) is 0 Å². The first kappa shape index (κ1) is 15.2. The van der Waals surface area contributed by atoms with Gasteiger partial charge in [-0.05, 0) is 51.7 Å². The number of rotatable bonds is 6. The van der Waals surface area contributed by atoms with E-state index in [-0.39, 0.29) is 0 Å². The van der Waals surface area contributed by atoms with Crippen molar-refractivity contribution in [3.05, 3.63) is 0 Å². The molecule has 0 saturated carbocycles. The van der Waals surface area contributed by atoms with Gasteiger partial charge in [-0.25, -0.2) is 0 Å². The lowest BCUT2D eigenvalue weighted by molar-refractivity contribution is 0.0735. The molecule has 112 valence electrons. The van der Waals surface area contributed by atoms with Gasteiger partial charge in [0.2, 0.25) is 0 Å². The molecule has 0 aromatic rings. The number of hydrogen-bond donors (Lipinski definition) is 1. The van der Waals surface area contributed by atoms with Gasteiger partial charge in [0, 0.05) is 32.3 Å². The largest absolute Gasteiger partial charge is 0.377 e. The Kier molecular flexibility index (Phi) is 6.57. The molecule has 4 nitrogen and oxygen atoms in total. The van der Waals surface area contributed by atoms with Gasteiger partial charge in [0.25, 0.3) is 0 Å². The van der Waals surface area contributed by atoms with Crippen LogP contribution in [-0.2, 0) is 4.74 Å². The average molecular weight is 269 g/mol. The van der Waals surface area contributed by atoms with E-state index in [1.807, 2.05) is 0 Å². The molecule has 2 fully saturated rings. The second-order valence-corrected chi connectivity index (χ2v) is 5.96. The van der Waals surface area contributed by atoms with Crippen molar-refractivity contribution in [3.8, 4) is 0 Å². The van der Waals surface area contributed by atoms with Crippen LogP contribution in [0.2, 0.25) is 0 Å². The van der Waals surface area contributed by atoms with Crippen LogP contribution in [0.5, 0.6) is 0 Å². The Labute approximate surface area is 118 Å². The lowest BCUT2D eigenvalue weighted by Gasteiger charge is -2.30. The van der Waals surface area contributed by atoms with Gasteiger partial charge < -0.3 is 10.5 Å². The summed E-state index contributed by atoms with van der Waals surface area (Å²) in [4.78, 5) is 5.26. The van der Waals surface area contributed by atoms with Gasteiger partial charge >= 0.3 is 0 Å². The summed E-state index contributed by atoms with van der Waals surface area (Å²) in [5.41, 5.74) is 5.73. The third-order valence-electron chi connectivity index (χ3n) is 4.60. The van der Waals surface area contributed by atoms with Gasteiger partial charge in [-0.1, -0.05) is 6.92 Å². The highest BCUT2D eigenvalue weighted by molar-refractivity contribution is 4.78. The van der Waals surface area contributed by atoms with Crippen LogP contribution < -0.4 is 5.73 Å². The molecule has 0 aliphatic carbocycles. The molecule has 2 N–H and O–H groups in total. The van der Waals surface area contributed by atoms with Crippen molar-refractivity contribution >= 4 is 0 Å². The summed E-state index contributed by atoms with van der Waals surface area (Å²) in [5.74, 6) is 0. The third-order valence-corrected chi connectivity index (χ3v) is 4.60. The summed E-state index contributed by atoms with van der Waals surface area (Å²) in [7, 11) is 0. The van der Waals surface area contributed by atoms with Crippen molar-refractivity contribution in [1.82, 2.24) is 9.80 Å². The highest BCUT2D eigenvalue weighted by Gasteiger charge is 2.23. The van der Waals surface area contributed by atoms with E-state index in [9.17, 15) is 0 Å².